The van der Waals surface area contributed by atoms with Crippen molar-refractivity contribution in [3.8, 4) is 0 Å². The van der Waals surface area contributed by atoms with Gasteiger partial charge in [-0.05, 0) is 52.7 Å². The number of carbonyl (C=O) groups is 2. The van der Waals surface area contributed by atoms with E-state index in [-0.39, 0.29) is 5.69 Å². The molecular formula is C15H11BrF2N2O2. The summed E-state index contributed by atoms with van der Waals surface area (Å²) in [5, 5.41) is 4.61. The van der Waals surface area contributed by atoms with Crippen LogP contribution in [0.3, 0.4) is 0 Å². The first kappa shape index (κ1) is 16.1. The molecule has 0 saturated heterocycles. The van der Waals surface area contributed by atoms with Gasteiger partial charge >= 0.3 is 11.8 Å². The Hall–Kier alpha value is -2.28. The minimum atomic E-state index is -1.11. The second-order valence-electron chi connectivity index (χ2n) is 4.52. The Balaban J connectivity index is 2.05. The summed E-state index contributed by atoms with van der Waals surface area (Å²) in [6.07, 6.45) is 0. The van der Waals surface area contributed by atoms with Crippen molar-refractivity contribution in [1.82, 2.24) is 0 Å². The lowest BCUT2D eigenvalue weighted by molar-refractivity contribution is -0.133. The second-order valence-corrected chi connectivity index (χ2v) is 5.37. The Bertz CT molecular complexity index is 750. The van der Waals surface area contributed by atoms with E-state index in [4.69, 9.17) is 0 Å². The van der Waals surface area contributed by atoms with Crippen LogP contribution in [0, 0.1) is 18.6 Å². The zero-order valence-electron chi connectivity index (χ0n) is 11.4. The summed E-state index contributed by atoms with van der Waals surface area (Å²) in [7, 11) is 0. The predicted molar refractivity (Wildman–Crippen MR) is 82.5 cm³/mol. The molecule has 0 unspecified atom stereocenters. The number of rotatable bonds is 2. The SMILES string of the molecule is Cc1ccc(NC(=O)C(=O)Nc2ccc(F)c(F)c2)c(Br)c1. The Kier molecular flexibility index (Phi) is 4.87. The molecule has 0 saturated carbocycles. The molecule has 22 heavy (non-hydrogen) atoms. The van der Waals surface area contributed by atoms with E-state index in [0.29, 0.717) is 10.2 Å². The lowest BCUT2D eigenvalue weighted by Crippen LogP contribution is -2.29. The zero-order chi connectivity index (χ0) is 16.3. The van der Waals surface area contributed by atoms with E-state index in [1.54, 1.807) is 18.2 Å². The second kappa shape index (κ2) is 6.65. The molecule has 0 aliphatic heterocycles. The molecule has 0 aliphatic rings. The maximum absolute atomic E-state index is 13.0. The molecule has 0 spiro atoms. The number of hydrogen-bond donors (Lipinski definition) is 2. The van der Waals surface area contributed by atoms with Crippen LogP contribution in [0.2, 0.25) is 0 Å². The lowest BCUT2D eigenvalue weighted by atomic mass is 10.2. The number of hydrogen-bond acceptors (Lipinski definition) is 2. The predicted octanol–water partition coefficient (Wildman–Crippen LogP) is 3.61. The van der Waals surface area contributed by atoms with Gasteiger partial charge in [-0.25, -0.2) is 8.78 Å². The van der Waals surface area contributed by atoms with Crippen molar-refractivity contribution in [3.05, 3.63) is 58.1 Å². The molecule has 4 nitrogen and oxygen atoms in total. The van der Waals surface area contributed by atoms with Crippen LogP contribution in [0.25, 0.3) is 0 Å². The molecule has 0 atom stereocenters. The zero-order valence-corrected chi connectivity index (χ0v) is 13.0. The van der Waals surface area contributed by atoms with Gasteiger partial charge in [-0.2, -0.15) is 0 Å². The van der Waals surface area contributed by atoms with Gasteiger partial charge in [0.15, 0.2) is 11.6 Å². The third kappa shape index (κ3) is 3.88. The van der Waals surface area contributed by atoms with Crippen LogP contribution in [-0.2, 0) is 9.59 Å². The number of nitrogens with one attached hydrogen (secondary N) is 2. The van der Waals surface area contributed by atoms with Gasteiger partial charge in [0.2, 0.25) is 0 Å². The number of anilines is 2. The molecule has 2 rings (SSSR count). The van der Waals surface area contributed by atoms with Gasteiger partial charge < -0.3 is 10.6 Å². The average Bonchev–Trinajstić information content (AvgIpc) is 2.45. The highest BCUT2D eigenvalue weighted by atomic mass is 79.9. The fourth-order valence-electron chi connectivity index (χ4n) is 1.66. The van der Waals surface area contributed by atoms with Crippen LogP contribution in [0.15, 0.2) is 40.9 Å². The van der Waals surface area contributed by atoms with Crippen molar-refractivity contribution in [1.29, 1.82) is 0 Å². The number of aryl methyl sites for hydroxylation is 1. The molecule has 0 bridgehead atoms. The van der Waals surface area contributed by atoms with Crippen molar-refractivity contribution in [2.75, 3.05) is 10.6 Å². The van der Waals surface area contributed by atoms with Crippen LogP contribution in [0.4, 0.5) is 20.2 Å². The van der Waals surface area contributed by atoms with Crippen molar-refractivity contribution >= 4 is 39.1 Å². The average molecular weight is 369 g/mol. The molecule has 0 radical (unpaired) electrons. The topological polar surface area (TPSA) is 58.2 Å². The summed E-state index contributed by atoms with van der Waals surface area (Å²) in [5.41, 5.74) is 1.40. The Morgan fingerprint density at radius 1 is 0.955 bits per heavy atom. The fraction of sp³-hybridized carbons (Fsp3) is 0.0667. The highest BCUT2D eigenvalue weighted by Crippen LogP contribution is 2.23. The summed E-state index contributed by atoms with van der Waals surface area (Å²) in [4.78, 5) is 23.5. The van der Waals surface area contributed by atoms with E-state index in [1.807, 2.05) is 6.92 Å². The molecule has 0 heterocycles. The first-order chi connectivity index (χ1) is 10.4. The standard InChI is InChI=1S/C15H11BrF2N2O2/c1-8-2-5-13(10(16)6-8)20-15(22)14(21)19-9-3-4-11(17)12(18)7-9/h2-7H,1H3,(H,19,21)(H,20,22). The molecule has 7 heteroatoms. The Morgan fingerprint density at radius 2 is 1.64 bits per heavy atom. The van der Waals surface area contributed by atoms with Crippen molar-refractivity contribution in [2.45, 2.75) is 6.92 Å². The van der Waals surface area contributed by atoms with Gasteiger partial charge in [0.05, 0.1) is 5.69 Å². The highest BCUT2D eigenvalue weighted by Gasteiger charge is 2.16. The normalized spacial score (nSPS) is 10.2. The van der Waals surface area contributed by atoms with Gasteiger partial charge in [-0.1, -0.05) is 6.07 Å². The smallest absolute Gasteiger partial charge is 0.314 e. The number of carbonyl (C=O) groups excluding carboxylic acids is 2. The number of benzene rings is 2. The number of halogens is 3. The van der Waals surface area contributed by atoms with E-state index in [2.05, 4.69) is 26.6 Å². The molecule has 2 N–H and O–H groups in total. The van der Waals surface area contributed by atoms with Crippen LogP contribution < -0.4 is 10.6 Å². The van der Waals surface area contributed by atoms with Crippen molar-refractivity contribution < 1.29 is 18.4 Å². The molecule has 2 aromatic rings. The Morgan fingerprint density at radius 3 is 2.27 bits per heavy atom. The highest BCUT2D eigenvalue weighted by molar-refractivity contribution is 9.10. The fourth-order valence-corrected chi connectivity index (χ4v) is 2.25. The maximum atomic E-state index is 13.0. The Labute approximate surface area is 133 Å². The molecular weight excluding hydrogens is 358 g/mol. The molecule has 0 fully saturated rings. The van der Waals surface area contributed by atoms with Crippen LogP contribution in [-0.4, -0.2) is 11.8 Å². The molecule has 0 aromatic heterocycles. The first-order valence-corrected chi connectivity index (χ1v) is 6.99. The number of amides is 2. The summed E-state index contributed by atoms with van der Waals surface area (Å²) in [6.45, 7) is 1.88. The van der Waals surface area contributed by atoms with E-state index < -0.39 is 23.4 Å². The van der Waals surface area contributed by atoms with Gasteiger partial charge in [-0.3, -0.25) is 9.59 Å². The maximum Gasteiger partial charge on any atom is 0.314 e. The van der Waals surface area contributed by atoms with E-state index >= 15 is 0 Å². The quantitative estimate of drug-likeness (QED) is 0.795. The largest absolute Gasteiger partial charge is 0.318 e. The summed E-state index contributed by atoms with van der Waals surface area (Å²) < 4.78 is 26.4. The van der Waals surface area contributed by atoms with Crippen LogP contribution in [0.1, 0.15) is 5.56 Å². The van der Waals surface area contributed by atoms with E-state index in [1.165, 1.54) is 0 Å². The van der Waals surface area contributed by atoms with Crippen LogP contribution >= 0.6 is 15.9 Å². The van der Waals surface area contributed by atoms with Crippen LogP contribution in [0.5, 0.6) is 0 Å². The monoisotopic (exact) mass is 368 g/mol. The minimum absolute atomic E-state index is 0.0120. The van der Waals surface area contributed by atoms with Gasteiger partial charge in [0.25, 0.3) is 0 Å². The lowest BCUT2D eigenvalue weighted by Gasteiger charge is -2.09. The third-order valence-electron chi connectivity index (χ3n) is 2.76. The first-order valence-electron chi connectivity index (χ1n) is 6.20. The van der Waals surface area contributed by atoms with E-state index in [0.717, 1.165) is 23.8 Å². The van der Waals surface area contributed by atoms with Crippen molar-refractivity contribution in [2.24, 2.45) is 0 Å². The summed E-state index contributed by atoms with van der Waals surface area (Å²) in [5.74, 6) is -4.06. The van der Waals surface area contributed by atoms with Gasteiger partial charge in [0, 0.05) is 16.2 Å². The summed E-state index contributed by atoms with van der Waals surface area (Å²) in [6, 6.07) is 8.01. The summed E-state index contributed by atoms with van der Waals surface area (Å²) >= 11 is 3.27. The molecule has 0 aliphatic carbocycles. The molecule has 2 aromatic carbocycles. The van der Waals surface area contributed by atoms with Crippen molar-refractivity contribution in [3.63, 3.8) is 0 Å². The van der Waals surface area contributed by atoms with Gasteiger partial charge in [0.1, 0.15) is 0 Å². The molecule has 2 amide bonds. The third-order valence-corrected chi connectivity index (χ3v) is 3.41. The van der Waals surface area contributed by atoms with E-state index in [9.17, 15) is 18.4 Å². The molecule has 114 valence electrons. The van der Waals surface area contributed by atoms with Gasteiger partial charge in [-0.15, -0.1) is 0 Å². The minimum Gasteiger partial charge on any atom is -0.318 e.